The quantitative estimate of drug-likeness (QED) is 0.261. The van der Waals surface area contributed by atoms with E-state index in [1.165, 1.54) is 12.3 Å². The van der Waals surface area contributed by atoms with Gasteiger partial charge in [0.2, 0.25) is 5.91 Å². The van der Waals surface area contributed by atoms with E-state index in [9.17, 15) is 18.0 Å². The minimum absolute atomic E-state index is 0.0339. The molecule has 214 valence electrons. The predicted octanol–water partition coefficient (Wildman–Crippen LogP) is 4.78. The molecule has 1 amide bonds. The van der Waals surface area contributed by atoms with Crippen LogP contribution >= 0.6 is 0 Å². The predicted molar refractivity (Wildman–Crippen MR) is 160 cm³/mol. The molecule has 1 aliphatic rings. The van der Waals surface area contributed by atoms with Crippen LogP contribution in [0.25, 0.3) is 10.8 Å². The van der Waals surface area contributed by atoms with Gasteiger partial charge in [0, 0.05) is 41.8 Å². The van der Waals surface area contributed by atoms with Gasteiger partial charge in [-0.05, 0) is 79.8 Å². The maximum absolute atomic E-state index is 14.1. The molecule has 0 aliphatic carbocycles. The number of sulfonamides is 1. The number of benzene rings is 3. The molecule has 3 aromatic carbocycles. The number of ether oxygens (including phenoxy) is 1. The van der Waals surface area contributed by atoms with Crippen LogP contribution in [0.2, 0.25) is 0 Å². The first-order valence-electron chi connectivity index (χ1n) is 13.7. The van der Waals surface area contributed by atoms with Crippen molar-refractivity contribution in [3.8, 4) is 6.07 Å². The number of amides is 1. The Hall–Kier alpha value is -4.75. The number of nitriles is 1. The van der Waals surface area contributed by atoms with Gasteiger partial charge in [0.15, 0.2) is 0 Å². The second-order valence-corrected chi connectivity index (χ2v) is 11.8. The van der Waals surface area contributed by atoms with Crippen LogP contribution < -0.4 is 9.21 Å². The number of carbonyl (C=O) groups is 2. The van der Waals surface area contributed by atoms with Gasteiger partial charge in [-0.1, -0.05) is 24.3 Å². The average molecular weight is 583 g/mol. The summed E-state index contributed by atoms with van der Waals surface area (Å²) in [5.74, 6) is -0.700. The van der Waals surface area contributed by atoms with Crippen molar-refractivity contribution < 1.29 is 22.7 Å². The Labute approximate surface area is 245 Å². The third-order valence-corrected chi connectivity index (χ3v) is 9.10. The lowest BCUT2D eigenvalue weighted by atomic mass is 9.99. The Balaban J connectivity index is 1.45. The van der Waals surface area contributed by atoms with Crippen molar-refractivity contribution in [2.24, 2.45) is 0 Å². The maximum Gasteiger partial charge on any atom is 0.326 e. The zero-order valence-electron chi connectivity index (χ0n) is 23.2. The van der Waals surface area contributed by atoms with Gasteiger partial charge in [-0.25, -0.2) is 8.42 Å². The summed E-state index contributed by atoms with van der Waals surface area (Å²) in [7, 11) is -4.19. The lowest BCUT2D eigenvalue weighted by molar-refractivity contribution is -0.141. The van der Waals surface area contributed by atoms with Crippen molar-refractivity contribution in [2.45, 2.75) is 37.5 Å². The highest BCUT2D eigenvalue weighted by atomic mass is 32.2. The smallest absolute Gasteiger partial charge is 0.326 e. The van der Waals surface area contributed by atoms with Crippen LogP contribution in [0.4, 0.5) is 11.4 Å². The standard InChI is InChI=1S/C32H30N4O5S/c1-2-41-32(38)22-36(42(39,40)30-7-3-5-26-21-34-17-16-28(26)30)27-13-14-29-25(19-27)6-4-18-35(29)31(37)15-12-23-8-10-24(20-33)11-9-23/h3,5,7-11,13-14,16-17,19,21H,2,4,6,12,15,18,22H2,1H3. The first kappa shape index (κ1) is 28.8. The van der Waals surface area contributed by atoms with Crippen LogP contribution in [-0.2, 0) is 37.2 Å². The zero-order valence-corrected chi connectivity index (χ0v) is 24.0. The number of esters is 1. The second kappa shape index (κ2) is 12.4. The molecule has 0 saturated heterocycles. The first-order valence-corrected chi connectivity index (χ1v) is 15.2. The molecule has 1 aliphatic heterocycles. The molecule has 0 unspecified atom stereocenters. The second-order valence-electron chi connectivity index (χ2n) is 9.94. The number of rotatable bonds is 9. The molecule has 1 aromatic heterocycles. The molecule has 0 N–H and O–H groups in total. The van der Waals surface area contributed by atoms with Gasteiger partial charge in [-0.2, -0.15) is 5.26 Å². The number of hydrogen-bond donors (Lipinski definition) is 0. The normalized spacial score (nSPS) is 12.8. The molecule has 0 fully saturated rings. The van der Waals surface area contributed by atoms with Crippen LogP contribution in [0, 0.1) is 11.3 Å². The summed E-state index contributed by atoms with van der Waals surface area (Å²) in [6.07, 6.45) is 5.35. The molecule has 0 saturated carbocycles. The van der Waals surface area contributed by atoms with Crippen LogP contribution in [0.15, 0.2) is 84.0 Å². The average Bonchev–Trinajstić information content (AvgIpc) is 3.02. The number of fused-ring (bicyclic) bond motifs is 2. The fraction of sp³-hybridized carbons (Fsp3) is 0.250. The van der Waals surface area contributed by atoms with Gasteiger partial charge in [0.1, 0.15) is 6.54 Å². The third-order valence-electron chi connectivity index (χ3n) is 7.27. The summed E-state index contributed by atoms with van der Waals surface area (Å²) >= 11 is 0. The number of nitrogens with zero attached hydrogens (tertiary/aromatic N) is 4. The van der Waals surface area contributed by atoms with E-state index in [0.29, 0.717) is 47.8 Å². The number of aromatic nitrogens is 1. The molecule has 10 heteroatoms. The van der Waals surface area contributed by atoms with Gasteiger partial charge in [-0.15, -0.1) is 0 Å². The molecule has 0 bridgehead atoms. The van der Waals surface area contributed by atoms with Gasteiger partial charge in [0.05, 0.1) is 28.8 Å². The molecule has 4 aromatic rings. The van der Waals surface area contributed by atoms with Crippen molar-refractivity contribution in [3.05, 3.63) is 95.8 Å². The van der Waals surface area contributed by atoms with Crippen molar-refractivity contribution >= 4 is 44.0 Å². The van der Waals surface area contributed by atoms with Gasteiger partial charge >= 0.3 is 5.97 Å². The number of carbonyl (C=O) groups excluding carboxylic acids is 2. The summed E-state index contributed by atoms with van der Waals surface area (Å²) in [4.78, 5) is 31.8. The minimum atomic E-state index is -4.19. The molecule has 2 heterocycles. The van der Waals surface area contributed by atoms with Crippen molar-refractivity contribution in [3.63, 3.8) is 0 Å². The number of hydrogen-bond acceptors (Lipinski definition) is 7. The van der Waals surface area contributed by atoms with E-state index in [4.69, 9.17) is 10.00 Å². The van der Waals surface area contributed by atoms with Gasteiger partial charge in [0.25, 0.3) is 10.0 Å². The fourth-order valence-electron chi connectivity index (χ4n) is 5.21. The molecule has 42 heavy (non-hydrogen) atoms. The number of anilines is 2. The summed E-state index contributed by atoms with van der Waals surface area (Å²) in [5.41, 5.74) is 3.43. The lowest BCUT2D eigenvalue weighted by Gasteiger charge is -2.31. The molecule has 9 nitrogen and oxygen atoms in total. The first-order chi connectivity index (χ1) is 20.3. The Morgan fingerprint density at radius 1 is 1.10 bits per heavy atom. The molecular weight excluding hydrogens is 552 g/mol. The monoisotopic (exact) mass is 582 g/mol. The van der Waals surface area contributed by atoms with Crippen LogP contribution in [0.5, 0.6) is 0 Å². The van der Waals surface area contributed by atoms with E-state index in [1.807, 2.05) is 12.1 Å². The Morgan fingerprint density at radius 2 is 1.90 bits per heavy atom. The Morgan fingerprint density at radius 3 is 2.67 bits per heavy atom. The van der Waals surface area contributed by atoms with Crippen LogP contribution in [0.3, 0.4) is 0 Å². The van der Waals surface area contributed by atoms with Crippen molar-refractivity contribution in [2.75, 3.05) is 28.9 Å². The van der Waals surface area contributed by atoms with E-state index in [0.717, 1.165) is 27.5 Å². The highest BCUT2D eigenvalue weighted by molar-refractivity contribution is 7.93. The van der Waals surface area contributed by atoms with Crippen LogP contribution in [0.1, 0.15) is 36.5 Å². The SMILES string of the molecule is CCOC(=O)CN(c1ccc2c(c1)CCCN2C(=O)CCc1ccc(C#N)cc1)S(=O)(=O)c1cccc2cnccc12. The maximum atomic E-state index is 14.1. The largest absolute Gasteiger partial charge is 0.465 e. The van der Waals surface area contributed by atoms with Crippen molar-refractivity contribution in [1.29, 1.82) is 5.26 Å². The minimum Gasteiger partial charge on any atom is -0.465 e. The summed E-state index contributed by atoms with van der Waals surface area (Å²) < 4.78 is 34.4. The highest BCUT2D eigenvalue weighted by Crippen LogP contribution is 2.35. The summed E-state index contributed by atoms with van der Waals surface area (Å²) in [6, 6.07) is 21.0. The fourth-order valence-corrected chi connectivity index (χ4v) is 6.82. The van der Waals surface area contributed by atoms with E-state index in [2.05, 4.69) is 11.1 Å². The van der Waals surface area contributed by atoms with E-state index >= 15 is 0 Å². The highest BCUT2D eigenvalue weighted by Gasteiger charge is 2.31. The number of pyridine rings is 1. The lowest BCUT2D eigenvalue weighted by Crippen LogP contribution is -2.38. The van der Waals surface area contributed by atoms with Crippen molar-refractivity contribution in [1.82, 2.24) is 4.98 Å². The van der Waals surface area contributed by atoms with Crippen LogP contribution in [-0.4, -0.2) is 45.0 Å². The third kappa shape index (κ3) is 5.97. The summed E-state index contributed by atoms with van der Waals surface area (Å²) in [6.45, 7) is 1.85. The summed E-state index contributed by atoms with van der Waals surface area (Å²) in [5, 5.41) is 10.2. The molecular formula is C32H30N4O5S. The Kier molecular flexibility index (Phi) is 8.50. The molecule has 5 rings (SSSR count). The van der Waals surface area contributed by atoms with Gasteiger partial charge in [-0.3, -0.25) is 18.9 Å². The Bertz CT molecular complexity index is 1780. The van der Waals surface area contributed by atoms with E-state index in [-0.39, 0.29) is 17.4 Å². The van der Waals surface area contributed by atoms with E-state index in [1.54, 1.807) is 66.6 Å². The molecule has 0 atom stereocenters. The zero-order chi connectivity index (χ0) is 29.7. The molecule has 0 radical (unpaired) electrons. The van der Waals surface area contributed by atoms with E-state index < -0.39 is 22.5 Å². The topological polar surface area (TPSA) is 121 Å². The molecule has 0 spiro atoms. The number of aryl methyl sites for hydroxylation is 2. The van der Waals surface area contributed by atoms with Gasteiger partial charge < -0.3 is 9.64 Å².